The zero-order valence-electron chi connectivity index (χ0n) is 18.6. The number of nitrogens with two attached hydrogens (primary N) is 1. The summed E-state index contributed by atoms with van der Waals surface area (Å²) in [5.41, 5.74) is 8.72. The Balaban J connectivity index is 1.26. The van der Waals surface area contributed by atoms with Gasteiger partial charge in [-0.2, -0.15) is 13.2 Å². The van der Waals surface area contributed by atoms with Gasteiger partial charge < -0.3 is 15.6 Å². The molecule has 0 saturated heterocycles. The number of alkyl halides is 3. The fourth-order valence-corrected chi connectivity index (χ4v) is 5.41. The van der Waals surface area contributed by atoms with E-state index in [9.17, 15) is 18.0 Å². The van der Waals surface area contributed by atoms with Gasteiger partial charge in [0.1, 0.15) is 11.6 Å². The zero-order chi connectivity index (χ0) is 24.7. The highest BCUT2D eigenvalue weighted by atomic mass is 79.9. The molecule has 1 aliphatic carbocycles. The van der Waals surface area contributed by atoms with E-state index in [2.05, 4.69) is 36.7 Å². The molecular formula is C25H23BrF3N5O. The van der Waals surface area contributed by atoms with Crippen LogP contribution in [0.25, 0.3) is 21.8 Å². The van der Waals surface area contributed by atoms with E-state index in [0.717, 1.165) is 54.0 Å². The van der Waals surface area contributed by atoms with Crippen molar-refractivity contribution < 1.29 is 18.0 Å². The Morgan fingerprint density at radius 1 is 1.20 bits per heavy atom. The van der Waals surface area contributed by atoms with Crippen LogP contribution in [0, 0.1) is 5.92 Å². The quantitative estimate of drug-likeness (QED) is 0.303. The number of fused-ring (bicyclic) bond motifs is 2. The van der Waals surface area contributed by atoms with Crippen molar-refractivity contribution in [1.82, 2.24) is 14.5 Å². The molecule has 5 rings (SSSR count). The average Bonchev–Trinajstić information content (AvgIpc) is 3.45. The number of aromatic nitrogens is 3. The zero-order valence-corrected chi connectivity index (χ0v) is 20.2. The lowest BCUT2D eigenvalue weighted by Gasteiger charge is -2.15. The van der Waals surface area contributed by atoms with Gasteiger partial charge in [-0.1, -0.05) is 12.1 Å². The van der Waals surface area contributed by atoms with E-state index in [1.54, 1.807) is 12.3 Å². The molecule has 3 aromatic heterocycles. The molecule has 1 aromatic carbocycles. The second-order valence-electron chi connectivity index (χ2n) is 9.02. The Labute approximate surface area is 207 Å². The molecule has 0 aliphatic heterocycles. The summed E-state index contributed by atoms with van der Waals surface area (Å²) < 4.78 is 40.5. The first-order valence-electron chi connectivity index (χ1n) is 11.4. The predicted octanol–water partition coefficient (Wildman–Crippen LogP) is 6.40. The van der Waals surface area contributed by atoms with Gasteiger partial charge in [0.05, 0.1) is 15.5 Å². The Morgan fingerprint density at radius 3 is 2.83 bits per heavy atom. The Bertz CT molecular complexity index is 1420. The second kappa shape index (κ2) is 9.14. The third-order valence-electron chi connectivity index (χ3n) is 6.75. The molecule has 3 heterocycles. The number of anilines is 2. The number of halogens is 4. The van der Waals surface area contributed by atoms with Crippen molar-refractivity contribution in [3.05, 3.63) is 58.8 Å². The van der Waals surface area contributed by atoms with Crippen molar-refractivity contribution in [2.75, 3.05) is 11.1 Å². The number of nitrogens with one attached hydrogen (secondary N) is 1. The van der Waals surface area contributed by atoms with E-state index >= 15 is 0 Å². The van der Waals surface area contributed by atoms with Crippen LogP contribution < -0.4 is 11.1 Å². The van der Waals surface area contributed by atoms with Gasteiger partial charge >= 0.3 is 12.1 Å². The first kappa shape index (κ1) is 23.6. The first-order chi connectivity index (χ1) is 16.7. The molecule has 10 heteroatoms. The summed E-state index contributed by atoms with van der Waals surface area (Å²) in [4.78, 5) is 19.8. The smallest absolute Gasteiger partial charge is 0.383 e. The number of rotatable bonds is 5. The number of carbonyl (C=O) groups excluding carboxylic acids is 1. The summed E-state index contributed by atoms with van der Waals surface area (Å²) in [5, 5.41) is 3.60. The van der Waals surface area contributed by atoms with Crippen LogP contribution in [0.1, 0.15) is 37.3 Å². The van der Waals surface area contributed by atoms with Gasteiger partial charge in [0.2, 0.25) is 0 Å². The Morgan fingerprint density at radius 2 is 2.03 bits per heavy atom. The van der Waals surface area contributed by atoms with E-state index in [0.29, 0.717) is 27.8 Å². The number of pyridine rings is 2. The maximum atomic E-state index is 12.6. The van der Waals surface area contributed by atoms with E-state index < -0.39 is 12.1 Å². The van der Waals surface area contributed by atoms with Gasteiger partial charge in [0.25, 0.3) is 0 Å². The van der Waals surface area contributed by atoms with E-state index in [1.807, 2.05) is 35.6 Å². The fourth-order valence-electron chi connectivity index (χ4n) is 4.97. The topological polar surface area (TPSA) is 85.8 Å². The molecule has 2 atom stereocenters. The third-order valence-corrected chi connectivity index (χ3v) is 7.36. The number of carbonyl (C=O) groups is 1. The van der Waals surface area contributed by atoms with Crippen LogP contribution in [0.4, 0.5) is 24.8 Å². The molecule has 0 spiro atoms. The van der Waals surface area contributed by atoms with Crippen molar-refractivity contribution in [2.45, 2.75) is 44.3 Å². The van der Waals surface area contributed by atoms with Crippen molar-refractivity contribution in [3.63, 3.8) is 0 Å². The number of aryl methyl sites for hydroxylation is 1. The van der Waals surface area contributed by atoms with Crippen molar-refractivity contribution >= 4 is 55.3 Å². The van der Waals surface area contributed by atoms with Crippen LogP contribution in [0.15, 0.2) is 53.3 Å². The minimum Gasteiger partial charge on any atom is -0.383 e. The number of benzene rings is 1. The number of nitrogen functional groups attached to an aromatic ring is 1. The largest absolute Gasteiger partial charge is 0.471 e. The molecule has 182 valence electrons. The predicted molar refractivity (Wildman–Crippen MR) is 133 cm³/mol. The fraction of sp³-hybridized carbons (Fsp3) is 0.320. The van der Waals surface area contributed by atoms with Crippen molar-refractivity contribution in [3.8, 4) is 0 Å². The SMILES string of the molecule is Nc1nccc2c1ccn2C1CCC(CCc2ccc3cc(Br)c(NC(=O)C(F)(F)F)nc3c2)C1. The summed E-state index contributed by atoms with van der Waals surface area (Å²) in [6.45, 7) is 0. The van der Waals surface area contributed by atoms with Gasteiger partial charge in [-0.25, -0.2) is 9.97 Å². The third kappa shape index (κ3) is 4.84. The molecule has 1 saturated carbocycles. The van der Waals surface area contributed by atoms with Gasteiger partial charge in [-0.15, -0.1) is 0 Å². The lowest BCUT2D eigenvalue weighted by Crippen LogP contribution is -2.30. The number of nitrogens with zero attached hydrogens (tertiary/aromatic N) is 3. The monoisotopic (exact) mass is 545 g/mol. The number of amides is 1. The highest BCUT2D eigenvalue weighted by Gasteiger charge is 2.39. The van der Waals surface area contributed by atoms with Crippen LogP contribution in [0.5, 0.6) is 0 Å². The highest BCUT2D eigenvalue weighted by Crippen LogP contribution is 2.39. The molecule has 0 bridgehead atoms. The maximum Gasteiger partial charge on any atom is 0.471 e. The van der Waals surface area contributed by atoms with Crippen molar-refractivity contribution in [1.29, 1.82) is 0 Å². The van der Waals surface area contributed by atoms with Gasteiger partial charge in [-0.3, -0.25) is 4.79 Å². The molecule has 1 amide bonds. The van der Waals surface area contributed by atoms with Crippen LogP contribution in [-0.2, 0) is 11.2 Å². The number of hydrogen-bond donors (Lipinski definition) is 2. The Hall–Kier alpha value is -3.14. The highest BCUT2D eigenvalue weighted by molar-refractivity contribution is 9.10. The minimum atomic E-state index is -4.98. The molecular weight excluding hydrogens is 523 g/mol. The molecule has 1 fully saturated rings. The van der Waals surface area contributed by atoms with Crippen LogP contribution in [0.2, 0.25) is 0 Å². The summed E-state index contributed by atoms with van der Waals surface area (Å²) in [7, 11) is 0. The van der Waals surface area contributed by atoms with Crippen LogP contribution in [-0.4, -0.2) is 26.6 Å². The summed E-state index contributed by atoms with van der Waals surface area (Å²) >= 11 is 3.19. The maximum absolute atomic E-state index is 12.6. The van der Waals surface area contributed by atoms with Crippen molar-refractivity contribution in [2.24, 2.45) is 5.92 Å². The van der Waals surface area contributed by atoms with Gasteiger partial charge in [0.15, 0.2) is 0 Å². The number of hydrogen-bond acceptors (Lipinski definition) is 4. The average molecular weight is 546 g/mol. The molecule has 1 aliphatic rings. The normalized spacial score (nSPS) is 18.4. The van der Waals surface area contributed by atoms with Gasteiger partial charge in [0, 0.05) is 29.2 Å². The van der Waals surface area contributed by atoms with E-state index in [1.165, 1.54) is 0 Å². The van der Waals surface area contributed by atoms with Gasteiger partial charge in [-0.05, 0) is 83.8 Å². The summed E-state index contributed by atoms with van der Waals surface area (Å²) in [6.07, 6.45) is 4.04. The molecule has 2 unspecified atom stereocenters. The second-order valence-corrected chi connectivity index (χ2v) is 9.88. The molecule has 35 heavy (non-hydrogen) atoms. The molecule has 6 nitrogen and oxygen atoms in total. The molecule has 0 radical (unpaired) electrons. The van der Waals surface area contributed by atoms with E-state index in [-0.39, 0.29) is 5.82 Å². The van der Waals surface area contributed by atoms with Crippen LogP contribution >= 0.6 is 15.9 Å². The molecule has 3 N–H and O–H groups in total. The Kier molecular flexibility index (Phi) is 6.16. The van der Waals surface area contributed by atoms with E-state index in [4.69, 9.17) is 5.73 Å². The standard InChI is InChI=1S/C25H23BrF3N5O/c26-19-13-16-5-3-15(12-20(16)32-23(19)33-24(35)25(27,28)29)2-1-14-4-6-17(11-14)34-10-8-18-21(34)7-9-31-22(18)30/h3,5,7-10,12-14,17H,1-2,4,6,11H2,(H2,30,31)(H,32,33,35). The molecule has 4 aromatic rings. The van der Waals surface area contributed by atoms with Crippen LogP contribution in [0.3, 0.4) is 0 Å². The first-order valence-corrected chi connectivity index (χ1v) is 12.2. The summed E-state index contributed by atoms with van der Waals surface area (Å²) in [6, 6.07) is 11.9. The minimum absolute atomic E-state index is 0.148. The lowest BCUT2D eigenvalue weighted by atomic mass is 9.97. The summed E-state index contributed by atoms with van der Waals surface area (Å²) in [5.74, 6) is -1.07. The lowest BCUT2D eigenvalue weighted by molar-refractivity contribution is -0.167.